The first-order chi connectivity index (χ1) is 14.2. The van der Waals surface area contributed by atoms with Crippen molar-refractivity contribution in [1.29, 1.82) is 0 Å². The zero-order valence-electron chi connectivity index (χ0n) is 16.8. The minimum Gasteiger partial charge on any atom is -0.354 e. The van der Waals surface area contributed by atoms with E-state index < -0.39 is 22.0 Å². The summed E-state index contributed by atoms with van der Waals surface area (Å²) in [6.07, 6.45) is 5.49. The van der Waals surface area contributed by atoms with E-state index in [4.69, 9.17) is 23.2 Å². The Labute approximate surface area is 192 Å². The Kier molecular flexibility index (Phi) is 10.2. The van der Waals surface area contributed by atoms with Crippen LogP contribution in [0.5, 0.6) is 0 Å². The van der Waals surface area contributed by atoms with Gasteiger partial charge in [-0.25, -0.2) is 8.42 Å². The third kappa shape index (κ3) is 7.60. The number of nitrogens with zero attached hydrogens (tertiary/aromatic N) is 1. The molecule has 0 saturated carbocycles. The molecule has 2 rings (SSSR count). The van der Waals surface area contributed by atoms with Crippen LogP contribution in [0.15, 0.2) is 23.1 Å². The molecule has 2 amide bonds. The summed E-state index contributed by atoms with van der Waals surface area (Å²) in [6.45, 7) is 1.66. The normalized spacial score (nSPS) is 15.6. The molecule has 1 aliphatic rings. The second-order valence-electron chi connectivity index (χ2n) is 7.01. The Balaban J connectivity index is 1.98. The number of hydrogen-bond acceptors (Lipinski definition) is 5. The first kappa shape index (κ1) is 25.3. The molecule has 1 atom stereocenters. The number of sulfonamides is 1. The zero-order valence-corrected chi connectivity index (χ0v) is 20.0. The lowest BCUT2D eigenvalue weighted by molar-refractivity contribution is -0.132. The number of rotatable bonds is 10. The number of piperidine rings is 1. The van der Waals surface area contributed by atoms with Gasteiger partial charge in [-0.15, -0.1) is 0 Å². The maximum absolute atomic E-state index is 12.8. The molecule has 1 unspecified atom stereocenters. The predicted octanol–water partition coefficient (Wildman–Crippen LogP) is 2.91. The predicted molar refractivity (Wildman–Crippen MR) is 122 cm³/mol. The maximum atomic E-state index is 12.8. The largest absolute Gasteiger partial charge is 0.354 e. The highest BCUT2D eigenvalue weighted by Gasteiger charge is 2.27. The SMILES string of the molecule is CSCCC(NS(=O)(=O)c1cc(Cl)ccc1Cl)C(=O)NCCC(=O)N1CCCCC1. The molecule has 1 fully saturated rings. The topological polar surface area (TPSA) is 95.6 Å². The highest BCUT2D eigenvalue weighted by atomic mass is 35.5. The number of halogens is 2. The number of carbonyl (C=O) groups excluding carboxylic acids is 2. The van der Waals surface area contributed by atoms with E-state index in [-0.39, 0.29) is 33.8 Å². The maximum Gasteiger partial charge on any atom is 0.242 e. The fraction of sp³-hybridized carbons (Fsp3) is 0.579. The van der Waals surface area contributed by atoms with Crippen LogP contribution in [0.4, 0.5) is 0 Å². The first-order valence-corrected chi connectivity index (χ1v) is 13.4. The molecule has 0 aliphatic carbocycles. The van der Waals surface area contributed by atoms with Gasteiger partial charge in [0.1, 0.15) is 10.9 Å². The molecule has 0 bridgehead atoms. The highest BCUT2D eigenvalue weighted by molar-refractivity contribution is 7.98. The number of amides is 2. The highest BCUT2D eigenvalue weighted by Crippen LogP contribution is 2.25. The van der Waals surface area contributed by atoms with E-state index in [1.165, 1.54) is 30.0 Å². The summed E-state index contributed by atoms with van der Waals surface area (Å²) in [5, 5.41) is 2.92. The van der Waals surface area contributed by atoms with Crippen LogP contribution in [0.1, 0.15) is 32.1 Å². The molecule has 11 heteroatoms. The quantitative estimate of drug-likeness (QED) is 0.520. The van der Waals surface area contributed by atoms with E-state index in [1.54, 1.807) is 0 Å². The van der Waals surface area contributed by atoms with Gasteiger partial charge in [0.25, 0.3) is 0 Å². The molecule has 1 aromatic rings. The number of thioether (sulfide) groups is 1. The van der Waals surface area contributed by atoms with Crippen LogP contribution in [0.2, 0.25) is 10.0 Å². The van der Waals surface area contributed by atoms with Crippen LogP contribution in [0, 0.1) is 0 Å². The van der Waals surface area contributed by atoms with Crippen LogP contribution in [0.25, 0.3) is 0 Å². The molecule has 0 aromatic heterocycles. The minimum atomic E-state index is -4.06. The lowest BCUT2D eigenvalue weighted by atomic mass is 10.1. The van der Waals surface area contributed by atoms with Gasteiger partial charge in [0, 0.05) is 31.1 Å². The number of benzene rings is 1. The van der Waals surface area contributed by atoms with Crippen molar-refractivity contribution in [3.8, 4) is 0 Å². The fourth-order valence-electron chi connectivity index (χ4n) is 3.13. The second kappa shape index (κ2) is 12.1. The lowest BCUT2D eigenvalue weighted by Crippen LogP contribution is -2.48. The molecule has 30 heavy (non-hydrogen) atoms. The Morgan fingerprint density at radius 2 is 1.90 bits per heavy atom. The van der Waals surface area contributed by atoms with Gasteiger partial charge in [0.15, 0.2) is 0 Å². The Morgan fingerprint density at radius 1 is 1.20 bits per heavy atom. The first-order valence-electron chi connectivity index (χ1n) is 9.76. The zero-order chi connectivity index (χ0) is 22.1. The van der Waals surface area contributed by atoms with Crippen LogP contribution in [-0.4, -0.2) is 62.8 Å². The second-order valence-corrected chi connectivity index (χ2v) is 10.5. The van der Waals surface area contributed by atoms with E-state index >= 15 is 0 Å². The van der Waals surface area contributed by atoms with Gasteiger partial charge in [-0.1, -0.05) is 23.2 Å². The Morgan fingerprint density at radius 3 is 2.57 bits per heavy atom. The van der Waals surface area contributed by atoms with Crippen molar-refractivity contribution in [2.75, 3.05) is 31.6 Å². The van der Waals surface area contributed by atoms with Crippen LogP contribution >= 0.6 is 35.0 Å². The fourth-order valence-corrected chi connectivity index (χ4v) is 5.59. The van der Waals surface area contributed by atoms with Crippen molar-refractivity contribution in [3.05, 3.63) is 28.2 Å². The van der Waals surface area contributed by atoms with Gasteiger partial charge in [0.05, 0.1) is 5.02 Å². The summed E-state index contributed by atoms with van der Waals surface area (Å²) in [6, 6.07) is 3.14. The molecule has 0 radical (unpaired) electrons. The van der Waals surface area contributed by atoms with E-state index in [1.807, 2.05) is 11.2 Å². The summed E-state index contributed by atoms with van der Waals surface area (Å²) >= 11 is 13.4. The van der Waals surface area contributed by atoms with Crippen LogP contribution in [-0.2, 0) is 19.6 Å². The average Bonchev–Trinajstić information content (AvgIpc) is 2.73. The summed E-state index contributed by atoms with van der Waals surface area (Å²) in [4.78, 5) is 26.5. The number of carbonyl (C=O) groups is 2. The van der Waals surface area contributed by atoms with Crippen molar-refractivity contribution in [2.45, 2.75) is 43.0 Å². The summed E-state index contributed by atoms with van der Waals surface area (Å²) in [5.74, 6) is 0.107. The van der Waals surface area contributed by atoms with Gasteiger partial charge in [-0.2, -0.15) is 16.5 Å². The minimum absolute atomic E-state index is 0.00181. The summed E-state index contributed by atoms with van der Waals surface area (Å²) < 4.78 is 28.0. The Hall–Kier alpha value is -1.00. The molecule has 1 heterocycles. The number of likely N-dealkylation sites (tertiary alicyclic amines) is 1. The van der Waals surface area contributed by atoms with Crippen molar-refractivity contribution in [3.63, 3.8) is 0 Å². The number of hydrogen-bond donors (Lipinski definition) is 2. The molecule has 1 aromatic carbocycles. The standard InChI is InChI=1S/C19H27Cl2N3O4S2/c1-29-12-8-16(23-30(27,28)17-13-14(20)5-6-15(17)21)19(26)22-9-7-18(25)24-10-3-2-4-11-24/h5-6,13,16,23H,2-4,7-12H2,1H3,(H,22,26). The van der Waals surface area contributed by atoms with E-state index in [0.717, 1.165) is 32.4 Å². The molecular formula is C19H27Cl2N3O4S2. The van der Waals surface area contributed by atoms with E-state index in [0.29, 0.717) is 12.2 Å². The summed E-state index contributed by atoms with van der Waals surface area (Å²) in [7, 11) is -4.06. The van der Waals surface area contributed by atoms with Gasteiger partial charge < -0.3 is 10.2 Å². The smallest absolute Gasteiger partial charge is 0.242 e. The van der Waals surface area contributed by atoms with Gasteiger partial charge in [0.2, 0.25) is 21.8 Å². The average molecular weight is 496 g/mol. The third-order valence-corrected chi connectivity index (χ3v) is 7.59. The molecule has 168 valence electrons. The van der Waals surface area contributed by atoms with E-state index in [2.05, 4.69) is 10.0 Å². The van der Waals surface area contributed by atoms with E-state index in [9.17, 15) is 18.0 Å². The van der Waals surface area contributed by atoms with Crippen molar-refractivity contribution in [1.82, 2.24) is 14.9 Å². The van der Waals surface area contributed by atoms with Crippen molar-refractivity contribution in [2.24, 2.45) is 0 Å². The van der Waals surface area contributed by atoms with Crippen molar-refractivity contribution >= 4 is 56.8 Å². The van der Waals surface area contributed by atoms with Crippen LogP contribution in [0.3, 0.4) is 0 Å². The molecule has 0 spiro atoms. The molecule has 7 nitrogen and oxygen atoms in total. The monoisotopic (exact) mass is 495 g/mol. The third-order valence-electron chi connectivity index (χ3n) is 4.75. The van der Waals surface area contributed by atoms with Gasteiger partial charge >= 0.3 is 0 Å². The Bertz CT molecular complexity index is 846. The number of nitrogens with one attached hydrogen (secondary N) is 2. The molecular weight excluding hydrogens is 469 g/mol. The lowest BCUT2D eigenvalue weighted by Gasteiger charge is -2.27. The molecule has 2 N–H and O–H groups in total. The molecule has 1 aliphatic heterocycles. The van der Waals surface area contributed by atoms with Gasteiger partial charge in [-0.3, -0.25) is 9.59 Å². The van der Waals surface area contributed by atoms with Crippen LogP contribution < -0.4 is 10.0 Å². The molecule has 1 saturated heterocycles. The summed E-state index contributed by atoms with van der Waals surface area (Å²) in [5.41, 5.74) is 0. The van der Waals surface area contributed by atoms with Crippen molar-refractivity contribution < 1.29 is 18.0 Å². The van der Waals surface area contributed by atoms with Gasteiger partial charge in [-0.05, 0) is 55.9 Å².